The lowest BCUT2D eigenvalue weighted by Crippen LogP contribution is -2.46. The van der Waals surface area contributed by atoms with Crippen LogP contribution in [0.15, 0.2) is 12.2 Å². The molecule has 0 heterocycles. The fourth-order valence-electron chi connectivity index (χ4n) is 0.966. The summed E-state index contributed by atoms with van der Waals surface area (Å²) in [5.74, 6) is -2.38. The van der Waals surface area contributed by atoms with Crippen molar-refractivity contribution < 1.29 is 24.6 Å². The van der Waals surface area contributed by atoms with E-state index >= 15 is 0 Å². The van der Waals surface area contributed by atoms with Gasteiger partial charge in [0.1, 0.15) is 6.04 Å². The van der Waals surface area contributed by atoms with E-state index in [1.54, 1.807) is 6.92 Å². The van der Waals surface area contributed by atoms with Gasteiger partial charge in [0.25, 0.3) is 0 Å². The van der Waals surface area contributed by atoms with Crippen LogP contribution in [0.3, 0.4) is 0 Å². The van der Waals surface area contributed by atoms with Gasteiger partial charge in [-0.3, -0.25) is 4.79 Å². The first-order chi connectivity index (χ1) is 7.82. The van der Waals surface area contributed by atoms with Crippen molar-refractivity contribution in [3.63, 3.8) is 0 Å². The molecule has 0 radical (unpaired) electrons. The number of carboxylic acid groups (broad SMARTS) is 2. The smallest absolute Gasteiger partial charge is 0.326 e. The van der Waals surface area contributed by atoms with Crippen molar-refractivity contribution in [3.05, 3.63) is 12.2 Å². The molecule has 0 aliphatic heterocycles. The fourth-order valence-corrected chi connectivity index (χ4v) is 0.966. The number of rotatable bonds is 7. The van der Waals surface area contributed by atoms with E-state index in [0.29, 0.717) is 0 Å². The largest absolute Gasteiger partial charge is 0.481 e. The molecule has 0 spiro atoms. The van der Waals surface area contributed by atoms with Crippen LogP contribution < -0.4 is 10.6 Å². The van der Waals surface area contributed by atoms with Gasteiger partial charge in [-0.05, 0) is 13.3 Å². The van der Waals surface area contributed by atoms with E-state index in [1.165, 1.54) is 0 Å². The number of carbonyl (C=O) groups excluding carboxylic acids is 1. The Morgan fingerprint density at radius 2 is 1.88 bits per heavy atom. The molecule has 0 fully saturated rings. The Morgan fingerprint density at radius 1 is 1.29 bits per heavy atom. The van der Waals surface area contributed by atoms with E-state index in [1.807, 2.05) is 0 Å². The van der Waals surface area contributed by atoms with E-state index in [9.17, 15) is 14.4 Å². The number of urea groups is 1. The summed E-state index contributed by atoms with van der Waals surface area (Å²) < 4.78 is 0. The molecule has 4 N–H and O–H groups in total. The summed E-state index contributed by atoms with van der Waals surface area (Å²) in [5, 5.41) is 21.7. The topological polar surface area (TPSA) is 116 Å². The van der Waals surface area contributed by atoms with Gasteiger partial charge in [-0.2, -0.15) is 0 Å². The molecule has 7 heteroatoms. The van der Waals surface area contributed by atoms with Gasteiger partial charge in [0, 0.05) is 13.0 Å². The Kier molecular flexibility index (Phi) is 6.39. The highest BCUT2D eigenvalue weighted by Crippen LogP contribution is 1.98. The summed E-state index contributed by atoms with van der Waals surface area (Å²) in [7, 11) is 0. The van der Waals surface area contributed by atoms with Crippen molar-refractivity contribution >= 4 is 18.0 Å². The molecular formula is C10H16N2O5. The third-order valence-electron chi connectivity index (χ3n) is 1.80. The van der Waals surface area contributed by atoms with Gasteiger partial charge in [-0.1, -0.05) is 12.2 Å². The lowest BCUT2D eigenvalue weighted by molar-refractivity contribution is -0.140. The van der Waals surface area contributed by atoms with Crippen molar-refractivity contribution in [3.8, 4) is 0 Å². The Bertz CT molecular complexity index is 327. The quantitative estimate of drug-likeness (QED) is 0.477. The highest BCUT2D eigenvalue weighted by molar-refractivity contribution is 5.83. The molecule has 0 aromatic heterocycles. The third kappa shape index (κ3) is 7.83. The van der Waals surface area contributed by atoms with Crippen LogP contribution in [0.1, 0.15) is 19.8 Å². The molecule has 0 rings (SSSR count). The zero-order valence-electron chi connectivity index (χ0n) is 9.52. The molecule has 1 atom stereocenters. The summed E-state index contributed by atoms with van der Waals surface area (Å²) >= 11 is 0. The first kappa shape index (κ1) is 14.9. The SMILES string of the molecule is C=C(C)CNC(=O)NC(CCC(=O)O)C(=O)O. The highest BCUT2D eigenvalue weighted by Gasteiger charge is 2.20. The van der Waals surface area contributed by atoms with Crippen LogP contribution in [0.25, 0.3) is 0 Å². The van der Waals surface area contributed by atoms with Crippen LogP contribution in [0.2, 0.25) is 0 Å². The Labute approximate surface area is 98.5 Å². The maximum atomic E-state index is 11.2. The summed E-state index contributed by atoms with van der Waals surface area (Å²) in [4.78, 5) is 32.3. The molecule has 0 saturated carbocycles. The van der Waals surface area contributed by atoms with E-state index in [4.69, 9.17) is 10.2 Å². The normalized spacial score (nSPS) is 11.4. The van der Waals surface area contributed by atoms with Crippen LogP contribution in [-0.2, 0) is 9.59 Å². The fraction of sp³-hybridized carbons (Fsp3) is 0.500. The van der Waals surface area contributed by atoms with E-state index in [2.05, 4.69) is 17.2 Å². The number of hydrogen-bond acceptors (Lipinski definition) is 3. The number of nitrogens with one attached hydrogen (secondary N) is 2. The summed E-state index contributed by atoms with van der Waals surface area (Å²) in [6, 6.07) is -1.87. The van der Waals surface area contributed by atoms with Crippen molar-refractivity contribution in [1.29, 1.82) is 0 Å². The first-order valence-corrected chi connectivity index (χ1v) is 4.96. The van der Waals surface area contributed by atoms with Crippen LogP contribution in [0.4, 0.5) is 4.79 Å². The zero-order chi connectivity index (χ0) is 13.4. The van der Waals surface area contributed by atoms with Crippen LogP contribution in [-0.4, -0.2) is 40.8 Å². The second kappa shape index (κ2) is 7.26. The lowest BCUT2D eigenvalue weighted by atomic mass is 10.1. The van der Waals surface area contributed by atoms with Crippen LogP contribution in [0, 0.1) is 0 Å². The second-order valence-corrected chi connectivity index (χ2v) is 3.61. The van der Waals surface area contributed by atoms with Gasteiger partial charge in [-0.15, -0.1) is 0 Å². The van der Waals surface area contributed by atoms with E-state index in [0.717, 1.165) is 5.57 Å². The average molecular weight is 244 g/mol. The molecule has 0 bridgehead atoms. The number of amides is 2. The number of hydrogen-bond donors (Lipinski definition) is 4. The molecule has 0 saturated heterocycles. The molecule has 7 nitrogen and oxygen atoms in total. The molecule has 0 aliphatic carbocycles. The van der Waals surface area contributed by atoms with Crippen molar-refractivity contribution in [2.75, 3.05) is 6.54 Å². The molecule has 0 aromatic carbocycles. The molecule has 17 heavy (non-hydrogen) atoms. The van der Waals surface area contributed by atoms with Crippen LogP contribution >= 0.6 is 0 Å². The van der Waals surface area contributed by atoms with E-state index in [-0.39, 0.29) is 19.4 Å². The first-order valence-electron chi connectivity index (χ1n) is 4.96. The van der Waals surface area contributed by atoms with Crippen molar-refractivity contribution in [1.82, 2.24) is 10.6 Å². The van der Waals surface area contributed by atoms with Crippen LogP contribution in [0.5, 0.6) is 0 Å². The van der Waals surface area contributed by atoms with E-state index < -0.39 is 24.0 Å². The zero-order valence-corrected chi connectivity index (χ0v) is 9.52. The molecular weight excluding hydrogens is 228 g/mol. The number of carbonyl (C=O) groups is 3. The second-order valence-electron chi connectivity index (χ2n) is 3.61. The monoisotopic (exact) mass is 244 g/mol. The Balaban J connectivity index is 4.15. The van der Waals surface area contributed by atoms with Crippen molar-refractivity contribution in [2.24, 2.45) is 0 Å². The molecule has 2 amide bonds. The summed E-state index contributed by atoms with van der Waals surface area (Å²) in [6.07, 6.45) is -0.483. The van der Waals surface area contributed by atoms with Gasteiger partial charge in [0.15, 0.2) is 0 Å². The van der Waals surface area contributed by atoms with Gasteiger partial charge in [0.05, 0.1) is 0 Å². The predicted octanol–water partition coefficient (Wildman–Crippen LogP) is 0.180. The van der Waals surface area contributed by atoms with Crippen molar-refractivity contribution in [2.45, 2.75) is 25.8 Å². The summed E-state index contributed by atoms with van der Waals surface area (Å²) in [5.41, 5.74) is 0.720. The Hall–Kier alpha value is -2.05. The Morgan fingerprint density at radius 3 is 2.29 bits per heavy atom. The maximum Gasteiger partial charge on any atom is 0.326 e. The van der Waals surface area contributed by atoms with Gasteiger partial charge in [0.2, 0.25) is 0 Å². The molecule has 1 unspecified atom stereocenters. The highest BCUT2D eigenvalue weighted by atomic mass is 16.4. The standard InChI is InChI=1S/C10H16N2O5/c1-6(2)5-11-10(17)12-7(9(15)16)3-4-8(13)14/h7H,1,3-5H2,2H3,(H,13,14)(H,15,16)(H2,11,12,17). The van der Waals surface area contributed by atoms with Gasteiger partial charge in [-0.25, -0.2) is 9.59 Å². The average Bonchev–Trinajstić information content (AvgIpc) is 2.20. The minimum absolute atomic E-state index is 0.162. The lowest BCUT2D eigenvalue weighted by Gasteiger charge is -2.14. The maximum absolute atomic E-state index is 11.2. The molecule has 0 aromatic rings. The number of aliphatic carboxylic acids is 2. The predicted molar refractivity (Wildman–Crippen MR) is 59.6 cm³/mol. The summed E-state index contributed by atoms with van der Waals surface area (Å²) in [6.45, 7) is 5.51. The van der Waals surface area contributed by atoms with Gasteiger partial charge < -0.3 is 20.8 Å². The minimum Gasteiger partial charge on any atom is -0.481 e. The number of carboxylic acids is 2. The van der Waals surface area contributed by atoms with Gasteiger partial charge >= 0.3 is 18.0 Å². The minimum atomic E-state index is -1.27. The molecule has 96 valence electrons. The molecule has 0 aliphatic rings. The third-order valence-corrected chi connectivity index (χ3v) is 1.80.